The van der Waals surface area contributed by atoms with Gasteiger partial charge in [0.15, 0.2) is 11.1 Å². The number of nitrogens with one attached hydrogen (secondary N) is 1. The van der Waals surface area contributed by atoms with Crippen LogP contribution in [0.25, 0.3) is 0 Å². The van der Waals surface area contributed by atoms with Crippen molar-refractivity contribution in [1.29, 1.82) is 0 Å². The van der Waals surface area contributed by atoms with E-state index in [-0.39, 0.29) is 9.79 Å². The molecule has 0 saturated carbocycles. The lowest BCUT2D eigenvalue weighted by atomic mass is 10.1. The zero-order valence-corrected chi connectivity index (χ0v) is 14.1. The summed E-state index contributed by atoms with van der Waals surface area (Å²) in [5, 5.41) is 0. The van der Waals surface area contributed by atoms with E-state index in [0.29, 0.717) is 5.69 Å². The summed E-state index contributed by atoms with van der Waals surface area (Å²) in [7, 11) is -3.82. The second-order valence-corrected chi connectivity index (χ2v) is 7.76. The van der Waals surface area contributed by atoms with Gasteiger partial charge in [-0.3, -0.25) is 4.72 Å². The van der Waals surface area contributed by atoms with Crippen molar-refractivity contribution in [3.8, 4) is 0 Å². The largest absolute Gasteiger partial charge is 0.302 e. The van der Waals surface area contributed by atoms with E-state index < -0.39 is 21.1 Å². The predicted octanol–water partition coefficient (Wildman–Crippen LogP) is 2.99. The molecule has 22 heavy (non-hydrogen) atoms. The molecule has 5 nitrogen and oxygen atoms in total. The number of rotatable bonds is 4. The lowest BCUT2D eigenvalue weighted by molar-refractivity contribution is 0.564. The first-order valence-electron chi connectivity index (χ1n) is 6.52. The number of sulfonamides is 1. The van der Waals surface area contributed by atoms with Crippen molar-refractivity contribution in [2.24, 2.45) is 0 Å². The maximum absolute atomic E-state index is 12.5. The zero-order chi connectivity index (χ0) is 16.5. The fraction of sp³-hybridized carbons (Fsp3) is 0.200. The number of anilines is 1. The van der Waals surface area contributed by atoms with E-state index in [0.717, 1.165) is 16.7 Å². The third-order valence-corrected chi connectivity index (χ3v) is 5.24. The smallest absolute Gasteiger partial charge is 0.261 e. The molecule has 2 N–H and O–H groups in total. The zero-order valence-electron chi connectivity index (χ0n) is 12.5. The molecule has 2 rings (SSSR count). The molecular weight excluding hydrogens is 322 g/mol. The minimum atomic E-state index is -3.82. The summed E-state index contributed by atoms with van der Waals surface area (Å²) in [5.74, 6) is 0. The average Bonchev–Trinajstić information content (AvgIpc) is 2.43. The molecule has 0 aliphatic carbocycles. The van der Waals surface area contributed by atoms with E-state index in [2.05, 4.69) is 4.72 Å². The molecule has 2 aromatic rings. The van der Waals surface area contributed by atoms with Gasteiger partial charge < -0.3 is 4.55 Å². The van der Waals surface area contributed by atoms with E-state index in [1.807, 2.05) is 32.9 Å². The van der Waals surface area contributed by atoms with Gasteiger partial charge in [-0.15, -0.1) is 0 Å². The monoisotopic (exact) mass is 339 g/mol. The van der Waals surface area contributed by atoms with Crippen molar-refractivity contribution in [3.05, 3.63) is 53.1 Å². The van der Waals surface area contributed by atoms with Crippen molar-refractivity contribution in [1.82, 2.24) is 0 Å². The first kappa shape index (κ1) is 16.7. The van der Waals surface area contributed by atoms with Crippen LogP contribution in [0.1, 0.15) is 16.7 Å². The number of benzene rings is 2. The van der Waals surface area contributed by atoms with Gasteiger partial charge in [-0.25, -0.2) is 12.6 Å². The summed E-state index contributed by atoms with van der Waals surface area (Å²) in [6, 6.07) is 9.20. The summed E-state index contributed by atoms with van der Waals surface area (Å²) in [6.45, 7) is 5.60. The van der Waals surface area contributed by atoms with Crippen molar-refractivity contribution >= 4 is 26.8 Å². The highest BCUT2D eigenvalue weighted by atomic mass is 32.2. The van der Waals surface area contributed by atoms with Crippen LogP contribution in [0.4, 0.5) is 5.69 Å². The minimum absolute atomic E-state index is 0.0419. The van der Waals surface area contributed by atoms with Gasteiger partial charge >= 0.3 is 0 Å². The Morgan fingerprint density at radius 3 is 2.18 bits per heavy atom. The lowest BCUT2D eigenvalue weighted by Gasteiger charge is -2.14. The molecule has 0 spiro atoms. The fourth-order valence-corrected chi connectivity index (χ4v) is 4.03. The first-order valence-corrected chi connectivity index (χ1v) is 9.11. The summed E-state index contributed by atoms with van der Waals surface area (Å²) in [5.41, 5.74) is 3.22. The Morgan fingerprint density at radius 1 is 1.05 bits per heavy atom. The van der Waals surface area contributed by atoms with E-state index >= 15 is 0 Å². The van der Waals surface area contributed by atoms with Gasteiger partial charge in [0.25, 0.3) is 10.0 Å². The van der Waals surface area contributed by atoms with Crippen molar-refractivity contribution in [3.63, 3.8) is 0 Å². The normalized spacial score (nSPS) is 12.9. The summed E-state index contributed by atoms with van der Waals surface area (Å²) in [4.78, 5) is -0.00741. The Balaban J connectivity index is 2.45. The molecule has 1 unspecified atom stereocenters. The third kappa shape index (κ3) is 3.55. The highest BCUT2D eigenvalue weighted by Crippen LogP contribution is 2.25. The van der Waals surface area contributed by atoms with Gasteiger partial charge in [-0.05, 0) is 50.1 Å². The van der Waals surface area contributed by atoms with Crippen LogP contribution in [0.15, 0.2) is 46.2 Å². The van der Waals surface area contributed by atoms with E-state index in [9.17, 15) is 12.6 Å². The topological polar surface area (TPSA) is 83.5 Å². The second-order valence-electron chi connectivity index (χ2n) is 5.10. The lowest BCUT2D eigenvalue weighted by Crippen LogP contribution is -2.15. The summed E-state index contributed by atoms with van der Waals surface area (Å²) in [6.07, 6.45) is 0. The molecule has 0 aliphatic heterocycles. The van der Waals surface area contributed by atoms with Gasteiger partial charge in [-0.1, -0.05) is 23.8 Å². The van der Waals surface area contributed by atoms with Crippen LogP contribution in [0.2, 0.25) is 0 Å². The number of hydrogen-bond donors (Lipinski definition) is 2. The molecule has 118 valence electrons. The highest BCUT2D eigenvalue weighted by molar-refractivity contribution is 7.92. The number of hydrogen-bond acceptors (Lipinski definition) is 3. The molecule has 1 atom stereocenters. The number of aryl methyl sites for hydroxylation is 3. The van der Waals surface area contributed by atoms with Crippen molar-refractivity contribution in [2.75, 3.05) is 4.72 Å². The third-order valence-electron chi connectivity index (χ3n) is 3.23. The second kappa shape index (κ2) is 6.20. The van der Waals surface area contributed by atoms with Crippen LogP contribution >= 0.6 is 0 Å². The molecule has 0 aliphatic rings. The summed E-state index contributed by atoms with van der Waals surface area (Å²) < 4.78 is 47.7. The molecule has 0 fully saturated rings. The Kier molecular flexibility index (Phi) is 4.69. The molecule has 0 heterocycles. The van der Waals surface area contributed by atoms with Crippen LogP contribution in [0.3, 0.4) is 0 Å². The molecule has 0 bridgehead atoms. The Morgan fingerprint density at radius 2 is 1.64 bits per heavy atom. The average molecular weight is 339 g/mol. The quantitative estimate of drug-likeness (QED) is 0.839. The van der Waals surface area contributed by atoms with Gasteiger partial charge in [0.1, 0.15) is 0 Å². The maximum Gasteiger partial charge on any atom is 0.261 e. The molecule has 0 radical (unpaired) electrons. The molecular formula is C15H17NO4S2. The Labute approximate surface area is 132 Å². The van der Waals surface area contributed by atoms with Crippen LogP contribution in [0.5, 0.6) is 0 Å². The first-order chi connectivity index (χ1) is 10.2. The molecule has 2 aromatic carbocycles. The van der Waals surface area contributed by atoms with Crippen LogP contribution < -0.4 is 4.72 Å². The fourth-order valence-electron chi connectivity index (χ4n) is 2.28. The maximum atomic E-state index is 12.5. The standard InChI is InChI=1S/C15H17NO4S2/c1-10-7-11(2)15(12(3)8-10)16-22(19,20)14-6-4-5-13(9-14)21(17)18/h4-9,16H,1-3H3,(H,17,18). The molecule has 0 aromatic heterocycles. The Bertz CT molecular complexity index is 821. The molecule has 7 heteroatoms. The van der Waals surface area contributed by atoms with Crippen LogP contribution in [-0.4, -0.2) is 17.2 Å². The van der Waals surface area contributed by atoms with Crippen molar-refractivity contribution < 1.29 is 17.2 Å². The molecule has 0 amide bonds. The predicted molar refractivity (Wildman–Crippen MR) is 86.9 cm³/mol. The van der Waals surface area contributed by atoms with Crippen LogP contribution in [0, 0.1) is 20.8 Å². The Hall–Kier alpha value is -1.70. The van der Waals surface area contributed by atoms with E-state index in [1.165, 1.54) is 24.3 Å². The van der Waals surface area contributed by atoms with Crippen molar-refractivity contribution in [2.45, 2.75) is 30.6 Å². The van der Waals surface area contributed by atoms with Gasteiger partial charge in [0.05, 0.1) is 15.5 Å². The van der Waals surface area contributed by atoms with Crippen LogP contribution in [-0.2, 0) is 21.1 Å². The van der Waals surface area contributed by atoms with Gasteiger partial charge in [0.2, 0.25) is 0 Å². The van der Waals surface area contributed by atoms with E-state index in [1.54, 1.807) is 0 Å². The highest BCUT2D eigenvalue weighted by Gasteiger charge is 2.18. The van der Waals surface area contributed by atoms with Gasteiger partial charge in [-0.2, -0.15) is 0 Å². The van der Waals surface area contributed by atoms with Gasteiger partial charge in [0, 0.05) is 0 Å². The SMILES string of the molecule is Cc1cc(C)c(NS(=O)(=O)c2cccc(S(=O)O)c2)c(C)c1. The summed E-state index contributed by atoms with van der Waals surface area (Å²) >= 11 is -2.22. The molecule has 0 saturated heterocycles. The minimum Gasteiger partial charge on any atom is -0.302 e. The van der Waals surface area contributed by atoms with E-state index in [4.69, 9.17) is 4.55 Å².